The molecule has 82 valence electrons. The van der Waals surface area contributed by atoms with Crippen molar-refractivity contribution in [1.29, 1.82) is 0 Å². The van der Waals surface area contributed by atoms with Gasteiger partial charge in [0, 0.05) is 14.1 Å². The van der Waals surface area contributed by atoms with Crippen LogP contribution in [0.3, 0.4) is 0 Å². The Morgan fingerprint density at radius 3 is 2.60 bits per heavy atom. The van der Waals surface area contributed by atoms with Crippen molar-refractivity contribution in [1.82, 2.24) is 0 Å². The van der Waals surface area contributed by atoms with Gasteiger partial charge < -0.3 is 14.7 Å². The summed E-state index contributed by atoms with van der Waals surface area (Å²) in [4.78, 5) is 12.7. The van der Waals surface area contributed by atoms with E-state index in [4.69, 9.17) is 9.84 Å². The van der Waals surface area contributed by atoms with E-state index in [1.165, 1.54) is 0 Å². The second-order valence-corrected chi connectivity index (χ2v) is 3.28. The normalized spacial score (nSPS) is 9.80. The first kappa shape index (κ1) is 11.4. The molecule has 1 rings (SSSR count). The van der Waals surface area contributed by atoms with Gasteiger partial charge in [0.05, 0.1) is 17.9 Å². The van der Waals surface area contributed by atoms with Crippen LogP contribution in [-0.4, -0.2) is 31.8 Å². The molecule has 0 bridgehead atoms. The molecule has 0 saturated carbocycles. The largest absolute Gasteiger partial charge is 0.492 e. The van der Waals surface area contributed by atoms with Crippen LogP contribution >= 0.6 is 0 Å². The summed E-state index contributed by atoms with van der Waals surface area (Å²) < 4.78 is 5.38. The van der Waals surface area contributed by atoms with Gasteiger partial charge >= 0.3 is 5.97 Å². The highest BCUT2D eigenvalue weighted by molar-refractivity contribution is 5.96. The van der Waals surface area contributed by atoms with Crippen molar-refractivity contribution in [3.8, 4) is 5.75 Å². The predicted molar refractivity (Wildman–Crippen MR) is 58.9 cm³/mol. The molecule has 0 radical (unpaired) electrons. The Morgan fingerprint density at radius 1 is 1.47 bits per heavy atom. The smallest absolute Gasteiger partial charge is 0.337 e. The van der Waals surface area contributed by atoms with Gasteiger partial charge in [-0.15, -0.1) is 0 Å². The Morgan fingerprint density at radius 2 is 2.13 bits per heavy atom. The van der Waals surface area contributed by atoms with E-state index in [9.17, 15) is 4.79 Å². The van der Waals surface area contributed by atoms with Gasteiger partial charge in [-0.1, -0.05) is 6.07 Å². The van der Waals surface area contributed by atoms with Crippen molar-refractivity contribution in [3.63, 3.8) is 0 Å². The highest BCUT2D eigenvalue weighted by Crippen LogP contribution is 2.30. The lowest BCUT2D eigenvalue weighted by atomic mass is 10.1. The average molecular weight is 209 g/mol. The van der Waals surface area contributed by atoms with Gasteiger partial charge in [-0.2, -0.15) is 0 Å². The predicted octanol–water partition coefficient (Wildman–Crippen LogP) is 1.85. The van der Waals surface area contributed by atoms with E-state index in [1.807, 2.05) is 6.92 Å². The zero-order valence-corrected chi connectivity index (χ0v) is 9.15. The quantitative estimate of drug-likeness (QED) is 0.822. The molecule has 1 aromatic rings. The molecule has 4 heteroatoms. The summed E-state index contributed by atoms with van der Waals surface area (Å²) in [6, 6.07) is 5.02. The third-order valence-corrected chi connectivity index (χ3v) is 1.98. The van der Waals surface area contributed by atoms with Crippen molar-refractivity contribution >= 4 is 11.7 Å². The SMILES string of the molecule is CCOc1cccc(C(=O)O)c1N(C)C. The fourth-order valence-corrected chi connectivity index (χ4v) is 1.43. The number of benzene rings is 1. The van der Waals surface area contributed by atoms with Crippen LogP contribution in [0.1, 0.15) is 17.3 Å². The highest BCUT2D eigenvalue weighted by atomic mass is 16.5. The summed E-state index contributed by atoms with van der Waals surface area (Å²) in [7, 11) is 3.59. The number of nitrogens with zero attached hydrogens (tertiary/aromatic N) is 1. The van der Waals surface area contributed by atoms with E-state index in [-0.39, 0.29) is 5.56 Å². The zero-order valence-electron chi connectivity index (χ0n) is 9.15. The molecule has 0 aliphatic carbocycles. The molecule has 0 unspecified atom stereocenters. The summed E-state index contributed by atoms with van der Waals surface area (Å²) in [5, 5.41) is 9.02. The molecule has 0 amide bonds. The molecule has 1 aromatic carbocycles. The summed E-state index contributed by atoms with van der Waals surface area (Å²) in [6.45, 7) is 2.39. The standard InChI is InChI=1S/C11H15NO3/c1-4-15-9-7-5-6-8(11(13)14)10(9)12(2)3/h5-7H,4H2,1-3H3,(H,13,14). The maximum Gasteiger partial charge on any atom is 0.337 e. The van der Waals surface area contributed by atoms with E-state index in [2.05, 4.69) is 0 Å². The van der Waals surface area contributed by atoms with Gasteiger partial charge in [0.15, 0.2) is 0 Å². The maximum atomic E-state index is 11.0. The summed E-state index contributed by atoms with van der Waals surface area (Å²) >= 11 is 0. The van der Waals surface area contributed by atoms with Gasteiger partial charge in [-0.25, -0.2) is 4.79 Å². The summed E-state index contributed by atoms with van der Waals surface area (Å²) in [5.74, 6) is -0.345. The molecule has 0 saturated heterocycles. The minimum absolute atomic E-state index is 0.256. The number of anilines is 1. The molecule has 4 nitrogen and oxygen atoms in total. The van der Waals surface area contributed by atoms with Crippen LogP contribution in [0, 0.1) is 0 Å². The lowest BCUT2D eigenvalue weighted by Gasteiger charge is -2.19. The fraction of sp³-hybridized carbons (Fsp3) is 0.364. The topological polar surface area (TPSA) is 49.8 Å². The van der Waals surface area contributed by atoms with Crippen molar-refractivity contribution < 1.29 is 14.6 Å². The van der Waals surface area contributed by atoms with Gasteiger partial charge in [-0.05, 0) is 19.1 Å². The Balaban J connectivity index is 3.28. The number of carboxylic acid groups (broad SMARTS) is 1. The lowest BCUT2D eigenvalue weighted by molar-refractivity contribution is 0.0697. The van der Waals surface area contributed by atoms with Gasteiger partial charge in [0.1, 0.15) is 5.75 Å². The number of para-hydroxylation sites is 1. The van der Waals surface area contributed by atoms with E-state index in [0.29, 0.717) is 18.0 Å². The van der Waals surface area contributed by atoms with Crippen molar-refractivity contribution in [2.45, 2.75) is 6.92 Å². The maximum absolute atomic E-state index is 11.0. The third-order valence-electron chi connectivity index (χ3n) is 1.98. The van der Waals surface area contributed by atoms with Crippen LogP contribution in [0.15, 0.2) is 18.2 Å². The minimum Gasteiger partial charge on any atom is -0.492 e. The number of carbonyl (C=O) groups is 1. The van der Waals surface area contributed by atoms with E-state index in [1.54, 1.807) is 37.2 Å². The van der Waals surface area contributed by atoms with E-state index in [0.717, 1.165) is 0 Å². The Bertz CT molecular complexity index is 361. The zero-order chi connectivity index (χ0) is 11.4. The fourth-order valence-electron chi connectivity index (χ4n) is 1.43. The Hall–Kier alpha value is -1.71. The van der Waals surface area contributed by atoms with E-state index >= 15 is 0 Å². The van der Waals surface area contributed by atoms with Gasteiger partial charge in [0.2, 0.25) is 0 Å². The van der Waals surface area contributed by atoms with E-state index < -0.39 is 5.97 Å². The van der Waals surface area contributed by atoms with Crippen molar-refractivity contribution in [2.24, 2.45) is 0 Å². The van der Waals surface area contributed by atoms with Crippen LogP contribution in [0.2, 0.25) is 0 Å². The molecule has 0 atom stereocenters. The van der Waals surface area contributed by atoms with Crippen LogP contribution in [0.4, 0.5) is 5.69 Å². The molecule has 1 N–H and O–H groups in total. The number of ether oxygens (including phenoxy) is 1. The first-order valence-electron chi connectivity index (χ1n) is 4.74. The Kier molecular flexibility index (Phi) is 3.55. The second kappa shape index (κ2) is 4.68. The first-order valence-corrected chi connectivity index (χ1v) is 4.74. The molecular formula is C11H15NO3. The molecule has 0 aliphatic heterocycles. The highest BCUT2D eigenvalue weighted by Gasteiger charge is 2.16. The average Bonchev–Trinajstić information content (AvgIpc) is 2.17. The Labute approximate surface area is 89.1 Å². The number of aromatic carboxylic acids is 1. The second-order valence-electron chi connectivity index (χ2n) is 3.28. The molecule has 0 aromatic heterocycles. The van der Waals surface area contributed by atoms with Crippen LogP contribution < -0.4 is 9.64 Å². The molecule has 0 aliphatic rings. The summed E-state index contributed by atoms with van der Waals surface area (Å²) in [5.41, 5.74) is 0.859. The molecule has 0 spiro atoms. The van der Waals surface area contributed by atoms with Crippen molar-refractivity contribution in [3.05, 3.63) is 23.8 Å². The monoisotopic (exact) mass is 209 g/mol. The van der Waals surface area contributed by atoms with Gasteiger partial charge in [-0.3, -0.25) is 0 Å². The minimum atomic E-state index is -0.944. The van der Waals surface area contributed by atoms with Crippen LogP contribution in [0.25, 0.3) is 0 Å². The van der Waals surface area contributed by atoms with Crippen LogP contribution in [-0.2, 0) is 0 Å². The molecule has 15 heavy (non-hydrogen) atoms. The third kappa shape index (κ3) is 2.40. The van der Waals surface area contributed by atoms with Crippen molar-refractivity contribution in [2.75, 3.05) is 25.6 Å². The number of rotatable bonds is 4. The molecular weight excluding hydrogens is 194 g/mol. The number of carboxylic acids is 1. The summed E-state index contributed by atoms with van der Waals surface area (Å²) in [6.07, 6.45) is 0. The lowest BCUT2D eigenvalue weighted by Crippen LogP contribution is -2.15. The first-order chi connectivity index (χ1) is 7.07. The van der Waals surface area contributed by atoms with Crippen LogP contribution in [0.5, 0.6) is 5.75 Å². The van der Waals surface area contributed by atoms with Gasteiger partial charge in [0.25, 0.3) is 0 Å². The molecule has 0 heterocycles. The number of hydrogen-bond donors (Lipinski definition) is 1. The molecule has 0 fully saturated rings. The number of hydrogen-bond acceptors (Lipinski definition) is 3.